The monoisotopic (exact) mass is 192 g/mol. The third-order valence-electron chi connectivity index (χ3n) is 1.76. The first-order valence-electron chi connectivity index (χ1n) is 4.47. The molecule has 0 aliphatic rings. The van der Waals surface area contributed by atoms with Gasteiger partial charge in [0, 0.05) is 7.11 Å². The van der Waals surface area contributed by atoms with Gasteiger partial charge in [0.2, 0.25) is 5.91 Å². The van der Waals surface area contributed by atoms with Crippen LogP contribution in [0.1, 0.15) is 5.56 Å². The van der Waals surface area contributed by atoms with Gasteiger partial charge in [-0.15, -0.1) is 0 Å². The van der Waals surface area contributed by atoms with Crippen molar-refractivity contribution in [1.29, 1.82) is 0 Å². The molecule has 0 fully saturated rings. The van der Waals surface area contributed by atoms with Gasteiger partial charge in [-0.25, -0.2) is 0 Å². The molecule has 0 atom stereocenters. The molecule has 0 saturated heterocycles. The molecule has 1 aromatic carbocycles. The molecule has 1 radical (unpaired) electrons. The van der Waals surface area contributed by atoms with Crippen LogP contribution in [0.25, 0.3) is 0 Å². The Hall–Kier alpha value is -1.35. The summed E-state index contributed by atoms with van der Waals surface area (Å²) in [6, 6.07) is 9.83. The van der Waals surface area contributed by atoms with Gasteiger partial charge >= 0.3 is 0 Å². The lowest BCUT2D eigenvalue weighted by Gasteiger charge is -2.02. The highest BCUT2D eigenvalue weighted by Crippen LogP contribution is 2.01. The van der Waals surface area contributed by atoms with Crippen molar-refractivity contribution in [2.75, 3.05) is 13.8 Å². The van der Waals surface area contributed by atoms with Gasteiger partial charge in [-0.05, 0) is 12.0 Å². The molecule has 0 unspecified atom stereocenters. The number of methoxy groups -OCH3 is 1. The molecule has 1 amide bonds. The standard InChI is InChI=1S/C11H14NO2/c1-14-9-12-11(13)8-7-10-5-3-2-4-6-10/h2-6,8H,7,9H2,1H3,(H,12,13). The summed E-state index contributed by atoms with van der Waals surface area (Å²) in [7, 11) is 1.54. The average molecular weight is 192 g/mol. The van der Waals surface area contributed by atoms with Crippen LogP contribution in [0.4, 0.5) is 0 Å². The molecule has 3 heteroatoms. The molecule has 75 valence electrons. The number of hydrogen-bond donors (Lipinski definition) is 1. The Bertz CT molecular complexity index is 272. The van der Waals surface area contributed by atoms with Crippen molar-refractivity contribution in [1.82, 2.24) is 5.32 Å². The zero-order chi connectivity index (χ0) is 10.2. The summed E-state index contributed by atoms with van der Waals surface area (Å²) in [6.07, 6.45) is 2.25. The Labute approximate surface area is 84.1 Å². The molecule has 0 saturated carbocycles. The van der Waals surface area contributed by atoms with Crippen molar-refractivity contribution in [2.24, 2.45) is 0 Å². The van der Waals surface area contributed by atoms with Crippen molar-refractivity contribution in [3.05, 3.63) is 42.3 Å². The van der Waals surface area contributed by atoms with E-state index in [0.29, 0.717) is 6.42 Å². The summed E-state index contributed by atoms with van der Waals surface area (Å²) in [6.45, 7) is 0.254. The molecule has 0 aliphatic heterocycles. The van der Waals surface area contributed by atoms with Crippen LogP contribution in [-0.2, 0) is 16.0 Å². The maximum atomic E-state index is 11.1. The van der Waals surface area contributed by atoms with Crippen LogP contribution in [0.15, 0.2) is 30.3 Å². The lowest BCUT2D eigenvalue weighted by Crippen LogP contribution is -2.25. The second-order valence-corrected chi connectivity index (χ2v) is 2.87. The fourth-order valence-electron chi connectivity index (χ4n) is 1.04. The smallest absolute Gasteiger partial charge is 0.226 e. The van der Waals surface area contributed by atoms with Crippen LogP contribution in [0.2, 0.25) is 0 Å². The van der Waals surface area contributed by atoms with Gasteiger partial charge in [0.05, 0.1) is 6.42 Å². The molecule has 0 aromatic heterocycles. The predicted octanol–water partition coefficient (Wildman–Crippen LogP) is 1.15. The molecular weight excluding hydrogens is 178 g/mol. The molecular formula is C11H14NO2. The fourth-order valence-corrected chi connectivity index (χ4v) is 1.04. The van der Waals surface area contributed by atoms with E-state index in [1.807, 2.05) is 30.3 Å². The number of benzene rings is 1. The minimum atomic E-state index is -0.101. The lowest BCUT2D eigenvalue weighted by atomic mass is 10.1. The topological polar surface area (TPSA) is 38.3 Å². The third kappa shape index (κ3) is 4.05. The van der Waals surface area contributed by atoms with E-state index in [4.69, 9.17) is 4.74 Å². The number of hydrogen-bond acceptors (Lipinski definition) is 2. The van der Waals surface area contributed by atoms with Gasteiger partial charge in [-0.2, -0.15) is 0 Å². The van der Waals surface area contributed by atoms with Crippen LogP contribution in [0.3, 0.4) is 0 Å². The van der Waals surface area contributed by atoms with E-state index < -0.39 is 0 Å². The summed E-state index contributed by atoms with van der Waals surface area (Å²) in [4.78, 5) is 11.1. The van der Waals surface area contributed by atoms with Crippen LogP contribution in [0.5, 0.6) is 0 Å². The number of ether oxygens (including phenoxy) is 1. The molecule has 0 spiro atoms. The number of carbonyl (C=O) groups excluding carboxylic acids is 1. The zero-order valence-corrected chi connectivity index (χ0v) is 8.19. The van der Waals surface area contributed by atoms with Crippen molar-refractivity contribution in [2.45, 2.75) is 6.42 Å². The van der Waals surface area contributed by atoms with E-state index >= 15 is 0 Å². The summed E-state index contributed by atoms with van der Waals surface area (Å²) in [5.41, 5.74) is 1.13. The molecule has 1 N–H and O–H groups in total. The van der Waals surface area contributed by atoms with Crippen LogP contribution in [-0.4, -0.2) is 19.7 Å². The van der Waals surface area contributed by atoms with Gasteiger partial charge in [0.1, 0.15) is 6.73 Å². The summed E-state index contributed by atoms with van der Waals surface area (Å²) in [5, 5.41) is 2.59. The third-order valence-corrected chi connectivity index (χ3v) is 1.76. The molecule has 0 aliphatic carbocycles. The van der Waals surface area contributed by atoms with Gasteiger partial charge in [-0.1, -0.05) is 30.3 Å². The largest absolute Gasteiger partial charge is 0.364 e. The summed E-state index contributed by atoms with van der Waals surface area (Å²) >= 11 is 0. The maximum Gasteiger partial charge on any atom is 0.226 e. The number of nitrogens with one attached hydrogen (secondary N) is 1. The highest BCUT2D eigenvalue weighted by molar-refractivity contribution is 5.84. The zero-order valence-electron chi connectivity index (χ0n) is 8.19. The van der Waals surface area contributed by atoms with Gasteiger partial charge < -0.3 is 10.1 Å². The second kappa shape index (κ2) is 6.16. The normalized spacial score (nSPS) is 9.79. The van der Waals surface area contributed by atoms with Gasteiger partial charge in [-0.3, -0.25) is 4.79 Å². The van der Waals surface area contributed by atoms with E-state index in [-0.39, 0.29) is 12.6 Å². The Kier molecular flexibility index (Phi) is 4.72. The van der Waals surface area contributed by atoms with Gasteiger partial charge in [0.25, 0.3) is 0 Å². The van der Waals surface area contributed by atoms with Gasteiger partial charge in [0.15, 0.2) is 0 Å². The first kappa shape index (κ1) is 10.7. The number of carbonyl (C=O) groups is 1. The summed E-state index contributed by atoms with van der Waals surface area (Å²) < 4.78 is 4.71. The molecule has 0 heterocycles. The summed E-state index contributed by atoms with van der Waals surface area (Å²) in [5.74, 6) is -0.101. The van der Waals surface area contributed by atoms with E-state index in [0.717, 1.165) is 5.56 Å². The SMILES string of the molecule is COCNC(=O)[CH]Cc1ccccc1. The first-order chi connectivity index (χ1) is 6.83. The predicted molar refractivity (Wildman–Crippen MR) is 54.5 cm³/mol. The molecule has 3 nitrogen and oxygen atoms in total. The van der Waals surface area contributed by atoms with Crippen molar-refractivity contribution < 1.29 is 9.53 Å². The maximum absolute atomic E-state index is 11.1. The second-order valence-electron chi connectivity index (χ2n) is 2.87. The first-order valence-corrected chi connectivity index (χ1v) is 4.47. The van der Waals surface area contributed by atoms with Crippen LogP contribution >= 0.6 is 0 Å². The highest BCUT2D eigenvalue weighted by Gasteiger charge is 2.00. The van der Waals surface area contributed by atoms with Crippen molar-refractivity contribution in [3.63, 3.8) is 0 Å². The Morgan fingerprint density at radius 3 is 2.79 bits per heavy atom. The lowest BCUT2D eigenvalue weighted by molar-refractivity contribution is -0.119. The Morgan fingerprint density at radius 1 is 1.43 bits per heavy atom. The molecule has 0 bridgehead atoms. The van der Waals surface area contributed by atoms with Crippen molar-refractivity contribution >= 4 is 5.91 Å². The molecule has 1 aromatic rings. The number of amides is 1. The Balaban J connectivity index is 2.24. The van der Waals surface area contributed by atoms with E-state index in [2.05, 4.69) is 5.32 Å². The van der Waals surface area contributed by atoms with E-state index in [9.17, 15) is 4.79 Å². The van der Waals surface area contributed by atoms with Crippen molar-refractivity contribution in [3.8, 4) is 0 Å². The number of rotatable bonds is 5. The van der Waals surface area contributed by atoms with Crippen LogP contribution in [0, 0.1) is 6.42 Å². The van der Waals surface area contributed by atoms with E-state index in [1.165, 1.54) is 7.11 Å². The fraction of sp³-hybridized carbons (Fsp3) is 0.273. The minimum absolute atomic E-state index is 0.101. The minimum Gasteiger partial charge on any atom is -0.364 e. The van der Waals surface area contributed by atoms with Crippen LogP contribution < -0.4 is 5.32 Å². The highest BCUT2D eigenvalue weighted by atomic mass is 16.5. The molecule has 1 rings (SSSR count). The molecule has 14 heavy (non-hydrogen) atoms. The quantitative estimate of drug-likeness (QED) is 0.711. The Morgan fingerprint density at radius 2 is 2.14 bits per heavy atom. The average Bonchev–Trinajstić information content (AvgIpc) is 2.25. The van der Waals surface area contributed by atoms with E-state index in [1.54, 1.807) is 6.42 Å².